The quantitative estimate of drug-likeness (QED) is 0.855. The van der Waals surface area contributed by atoms with Gasteiger partial charge in [0.25, 0.3) is 0 Å². The third-order valence-electron chi connectivity index (χ3n) is 3.02. The van der Waals surface area contributed by atoms with E-state index in [1.165, 1.54) is 4.90 Å². The molecular formula is C13H12N2O3. The molecule has 1 saturated heterocycles. The molecule has 1 amide bonds. The largest absolute Gasteiger partial charge is 0.480 e. The Balaban J connectivity index is 2.48. The van der Waals surface area contributed by atoms with E-state index in [1.54, 1.807) is 24.3 Å². The van der Waals surface area contributed by atoms with Gasteiger partial charge in [-0.25, -0.2) is 4.79 Å². The van der Waals surface area contributed by atoms with Gasteiger partial charge in [0.1, 0.15) is 12.1 Å². The van der Waals surface area contributed by atoms with Crippen molar-refractivity contribution in [3.8, 4) is 6.07 Å². The number of piperidine rings is 1. The van der Waals surface area contributed by atoms with Gasteiger partial charge < -0.3 is 5.11 Å². The van der Waals surface area contributed by atoms with E-state index < -0.39 is 12.0 Å². The predicted molar refractivity (Wildman–Crippen MR) is 63.9 cm³/mol. The molecule has 0 bridgehead atoms. The molecule has 1 N–H and O–H groups in total. The van der Waals surface area contributed by atoms with Crippen LogP contribution >= 0.6 is 0 Å². The van der Waals surface area contributed by atoms with E-state index in [4.69, 9.17) is 5.26 Å². The van der Waals surface area contributed by atoms with Crippen LogP contribution in [0.3, 0.4) is 0 Å². The van der Waals surface area contributed by atoms with Crippen molar-refractivity contribution in [2.24, 2.45) is 0 Å². The molecule has 18 heavy (non-hydrogen) atoms. The summed E-state index contributed by atoms with van der Waals surface area (Å²) in [5, 5.41) is 18.2. The summed E-state index contributed by atoms with van der Waals surface area (Å²) in [4.78, 5) is 24.4. The van der Waals surface area contributed by atoms with Crippen LogP contribution in [-0.4, -0.2) is 23.0 Å². The van der Waals surface area contributed by atoms with Crippen LogP contribution in [0.25, 0.3) is 0 Å². The van der Waals surface area contributed by atoms with Crippen molar-refractivity contribution >= 4 is 17.6 Å². The van der Waals surface area contributed by atoms with Gasteiger partial charge in [0, 0.05) is 6.42 Å². The van der Waals surface area contributed by atoms with E-state index in [0.717, 1.165) is 0 Å². The molecule has 1 aromatic rings. The zero-order valence-corrected chi connectivity index (χ0v) is 9.67. The molecule has 1 heterocycles. The Kier molecular flexibility index (Phi) is 3.28. The van der Waals surface area contributed by atoms with Crippen LogP contribution in [0.1, 0.15) is 24.8 Å². The van der Waals surface area contributed by atoms with Gasteiger partial charge in [-0.2, -0.15) is 5.26 Å². The van der Waals surface area contributed by atoms with Crippen LogP contribution in [-0.2, 0) is 9.59 Å². The van der Waals surface area contributed by atoms with Gasteiger partial charge in [-0.15, -0.1) is 0 Å². The molecule has 1 fully saturated rings. The lowest BCUT2D eigenvalue weighted by Crippen LogP contribution is -2.48. The number of carboxylic acids is 1. The van der Waals surface area contributed by atoms with Crippen molar-refractivity contribution < 1.29 is 14.7 Å². The number of carbonyl (C=O) groups is 2. The number of hydrogen-bond donors (Lipinski definition) is 1. The van der Waals surface area contributed by atoms with Crippen LogP contribution in [0.2, 0.25) is 0 Å². The number of aliphatic carboxylic acids is 1. The summed E-state index contributed by atoms with van der Waals surface area (Å²) in [5.74, 6) is -1.27. The molecule has 0 spiro atoms. The van der Waals surface area contributed by atoms with Gasteiger partial charge in [0.15, 0.2) is 0 Å². The summed E-state index contributed by atoms with van der Waals surface area (Å²) in [5.41, 5.74) is 0.705. The first-order valence-electron chi connectivity index (χ1n) is 5.69. The average Bonchev–Trinajstić information content (AvgIpc) is 2.38. The van der Waals surface area contributed by atoms with Crippen LogP contribution in [0.4, 0.5) is 5.69 Å². The molecule has 1 aliphatic heterocycles. The molecule has 1 aliphatic rings. The summed E-state index contributed by atoms with van der Waals surface area (Å²) in [6, 6.07) is 7.68. The number of para-hydroxylation sites is 1. The van der Waals surface area contributed by atoms with E-state index in [-0.39, 0.29) is 5.91 Å². The first-order valence-corrected chi connectivity index (χ1v) is 5.69. The maximum Gasteiger partial charge on any atom is 0.326 e. The fourth-order valence-corrected chi connectivity index (χ4v) is 2.18. The van der Waals surface area contributed by atoms with Crippen molar-refractivity contribution in [2.75, 3.05) is 4.90 Å². The Morgan fingerprint density at radius 1 is 1.44 bits per heavy atom. The standard InChI is InChI=1S/C13H12N2O3/c14-8-9-4-1-2-5-10(9)15-11(13(17)18)6-3-7-12(15)16/h1-2,4-5,11H,3,6-7H2,(H,17,18). The van der Waals surface area contributed by atoms with Crippen LogP contribution in [0, 0.1) is 11.3 Å². The topological polar surface area (TPSA) is 81.4 Å². The molecule has 5 nitrogen and oxygen atoms in total. The fourth-order valence-electron chi connectivity index (χ4n) is 2.18. The van der Waals surface area contributed by atoms with Crippen molar-refractivity contribution in [1.29, 1.82) is 5.26 Å². The molecule has 0 radical (unpaired) electrons. The fraction of sp³-hybridized carbons (Fsp3) is 0.308. The summed E-state index contributed by atoms with van der Waals surface area (Å²) in [7, 11) is 0. The lowest BCUT2D eigenvalue weighted by molar-refractivity contribution is -0.141. The van der Waals surface area contributed by atoms with Crippen molar-refractivity contribution in [2.45, 2.75) is 25.3 Å². The normalized spacial score (nSPS) is 19.4. The minimum absolute atomic E-state index is 0.239. The van der Waals surface area contributed by atoms with Gasteiger partial charge in [-0.3, -0.25) is 9.69 Å². The predicted octanol–water partition coefficient (Wildman–Crippen LogP) is 1.53. The Morgan fingerprint density at radius 2 is 2.17 bits per heavy atom. The summed E-state index contributed by atoms with van der Waals surface area (Å²) >= 11 is 0. The highest BCUT2D eigenvalue weighted by Gasteiger charge is 2.35. The zero-order valence-electron chi connectivity index (χ0n) is 9.67. The minimum Gasteiger partial charge on any atom is -0.480 e. The Hall–Kier alpha value is -2.35. The lowest BCUT2D eigenvalue weighted by Gasteiger charge is -2.33. The number of nitriles is 1. The van der Waals surface area contributed by atoms with E-state index in [1.807, 2.05) is 6.07 Å². The van der Waals surface area contributed by atoms with Gasteiger partial charge in [-0.1, -0.05) is 12.1 Å². The monoisotopic (exact) mass is 244 g/mol. The summed E-state index contributed by atoms with van der Waals surface area (Å²) in [6.07, 6.45) is 1.31. The van der Waals surface area contributed by atoms with Crippen LogP contribution in [0.5, 0.6) is 0 Å². The lowest BCUT2D eigenvalue weighted by atomic mass is 9.99. The molecule has 0 aromatic heterocycles. The van der Waals surface area contributed by atoms with E-state index in [9.17, 15) is 14.7 Å². The Labute approximate surface area is 104 Å². The highest BCUT2D eigenvalue weighted by molar-refractivity contribution is 6.01. The van der Waals surface area contributed by atoms with E-state index in [0.29, 0.717) is 30.5 Å². The smallest absolute Gasteiger partial charge is 0.326 e. The van der Waals surface area contributed by atoms with Crippen LogP contribution in [0.15, 0.2) is 24.3 Å². The number of anilines is 1. The number of carbonyl (C=O) groups excluding carboxylic acids is 1. The van der Waals surface area contributed by atoms with Gasteiger partial charge in [-0.05, 0) is 25.0 Å². The molecule has 2 rings (SSSR count). The molecule has 1 unspecified atom stereocenters. The molecule has 1 atom stereocenters. The van der Waals surface area contributed by atoms with E-state index >= 15 is 0 Å². The number of benzene rings is 1. The molecule has 5 heteroatoms. The van der Waals surface area contributed by atoms with Crippen molar-refractivity contribution in [3.05, 3.63) is 29.8 Å². The number of rotatable bonds is 2. The maximum absolute atomic E-state index is 11.9. The second kappa shape index (κ2) is 4.88. The van der Waals surface area contributed by atoms with Crippen molar-refractivity contribution in [1.82, 2.24) is 0 Å². The van der Waals surface area contributed by atoms with Crippen LogP contribution < -0.4 is 4.90 Å². The minimum atomic E-state index is -1.03. The summed E-state index contributed by atoms with van der Waals surface area (Å²) < 4.78 is 0. The molecule has 0 saturated carbocycles. The highest BCUT2D eigenvalue weighted by atomic mass is 16.4. The average molecular weight is 244 g/mol. The van der Waals surface area contributed by atoms with E-state index in [2.05, 4.69) is 0 Å². The summed E-state index contributed by atoms with van der Waals surface area (Å²) in [6.45, 7) is 0. The number of carboxylic acid groups (broad SMARTS) is 1. The Morgan fingerprint density at radius 3 is 2.83 bits per heavy atom. The van der Waals surface area contributed by atoms with Gasteiger partial charge in [0.05, 0.1) is 11.3 Å². The highest BCUT2D eigenvalue weighted by Crippen LogP contribution is 2.28. The first-order chi connectivity index (χ1) is 8.65. The molecule has 0 aliphatic carbocycles. The zero-order chi connectivity index (χ0) is 13.1. The third-order valence-corrected chi connectivity index (χ3v) is 3.02. The number of hydrogen-bond acceptors (Lipinski definition) is 3. The van der Waals surface area contributed by atoms with Gasteiger partial charge >= 0.3 is 5.97 Å². The maximum atomic E-state index is 11.9. The number of amides is 1. The molecular weight excluding hydrogens is 232 g/mol. The number of nitrogens with zero attached hydrogens (tertiary/aromatic N) is 2. The molecule has 1 aromatic carbocycles. The third kappa shape index (κ3) is 2.05. The molecule has 92 valence electrons. The first kappa shape index (κ1) is 12.1. The van der Waals surface area contributed by atoms with Crippen molar-refractivity contribution in [3.63, 3.8) is 0 Å². The SMILES string of the molecule is N#Cc1ccccc1N1C(=O)CCCC1C(=O)O. The Bertz CT molecular complexity index is 533. The van der Waals surface area contributed by atoms with Gasteiger partial charge in [0.2, 0.25) is 5.91 Å². The second-order valence-electron chi connectivity index (χ2n) is 4.14. The second-order valence-corrected chi connectivity index (χ2v) is 4.14.